The van der Waals surface area contributed by atoms with Crippen LogP contribution in [0.3, 0.4) is 0 Å². The lowest BCUT2D eigenvalue weighted by atomic mass is 10.1. The van der Waals surface area contributed by atoms with Gasteiger partial charge in [0.05, 0.1) is 12.2 Å². The largest absolute Gasteiger partial charge is 0.383 e. The molecule has 0 amide bonds. The summed E-state index contributed by atoms with van der Waals surface area (Å²) in [4.78, 5) is 6.40. The zero-order valence-electron chi connectivity index (χ0n) is 12.7. The summed E-state index contributed by atoms with van der Waals surface area (Å²) in [6, 6.07) is 4.34. The highest BCUT2D eigenvalue weighted by Gasteiger charge is 2.22. The van der Waals surface area contributed by atoms with Gasteiger partial charge in [0.25, 0.3) is 0 Å². The molecule has 0 fully saturated rings. The molecule has 1 unspecified atom stereocenters. The minimum Gasteiger partial charge on any atom is -0.383 e. The first-order valence-electron chi connectivity index (χ1n) is 7.10. The van der Waals surface area contributed by atoms with E-state index in [-0.39, 0.29) is 0 Å². The number of hydrogen-bond donors (Lipinski definition) is 1. The lowest BCUT2D eigenvalue weighted by Crippen LogP contribution is -2.35. The molecule has 6 heteroatoms. The van der Waals surface area contributed by atoms with E-state index in [1.165, 1.54) is 11.5 Å². The first-order valence-corrected chi connectivity index (χ1v) is 7.87. The molecule has 0 saturated heterocycles. The summed E-state index contributed by atoms with van der Waals surface area (Å²) in [5, 5.41) is 1.10. The van der Waals surface area contributed by atoms with Gasteiger partial charge >= 0.3 is 0 Å². The third-order valence-electron chi connectivity index (χ3n) is 3.59. The van der Waals surface area contributed by atoms with E-state index in [0.29, 0.717) is 18.5 Å². The van der Waals surface area contributed by atoms with Crippen LogP contribution in [0.5, 0.6) is 0 Å². The standard InChI is InChI=1S/C15H22N4OS/c1-4-11(2)19(9-10-20-3)15-13(14(16)18-21-15)12-5-7-17-8-6-12/h5-8,11H,4,9-10H2,1-3H3,(H2,16,18). The number of nitrogens with zero attached hydrogens (tertiary/aromatic N) is 3. The fourth-order valence-corrected chi connectivity index (χ4v) is 3.18. The molecule has 0 aliphatic carbocycles. The number of hydrogen-bond acceptors (Lipinski definition) is 6. The summed E-state index contributed by atoms with van der Waals surface area (Å²) < 4.78 is 9.60. The van der Waals surface area contributed by atoms with Gasteiger partial charge in [0.1, 0.15) is 10.8 Å². The maximum atomic E-state index is 6.10. The van der Waals surface area contributed by atoms with E-state index in [4.69, 9.17) is 10.5 Å². The van der Waals surface area contributed by atoms with Gasteiger partial charge in [-0.15, -0.1) is 0 Å². The number of nitrogen functional groups attached to an aromatic ring is 1. The molecule has 0 radical (unpaired) electrons. The predicted molar refractivity (Wildman–Crippen MR) is 88.7 cm³/mol. The summed E-state index contributed by atoms with van der Waals surface area (Å²) in [5.74, 6) is 0.576. The van der Waals surface area contributed by atoms with E-state index >= 15 is 0 Å². The van der Waals surface area contributed by atoms with Gasteiger partial charge in [-0.1, -0.05) is 6.92 Å². The van der Waals surface area contributed by atoms with Crippen molar-refractivity contribution in [1.29, 1.82) is 0 Å². The second kappa shape index (κ2) is 7.38. The van der Waals surface area contributed by atoms with Gasteiger partial charge in [-0.05, 0) is 42.6 Å². The normalized spacial score (nSPS) is 12.3. The van der Waals surface area contributed by atoms with Crippen LogP contribution in [0.15, 0.2) is 24.5 Å². The molecule has 2 rings (SSSR count). The molecule has 0 aliphatic rings. The van der Waals surface area contributed by atoms with Crippen LogP contribution in [0, 0.1) is 0 Å². The maximum Gasteiger partial charge on any atom is 0.147 e. The summed E-state index contributed by atoms with van der Waals surface area (Å²) in [5.41, 5.74) is 8.15. The third kappa shape index (κ3) is 3.51. The highest BCUT2D eigenvalue weighted by atomic mass is 32.1. The number of pyridine rings is 1. The van der Waals surface area contributed by atoms with Crippen LogP contribution in [0.2, 0.25) is 0 Å². The average molecular weight is 306 g/mol. The minimum atomic E-state index is 0.403. The van der Waals surface area contributed by atoms with Crippen LogP contribution in [-0.2, 0) is 4.74 Å². The number of ether oxygens (including phenoxy) is 1. The second-order valence-corrected chi connectivity index (χ2v) is 5.68. The molecule has 2 N–H and O–H groups in total. The van der Waals surface area contributed by atoms with Crippen molar-refractivity contribution in [2.24, 2.45) is 0 Å². The quantitative estimate of drug-likeness (QED) is 0.852. The molecule has 114 valence electrons. The van der Waals surface area contributed by atoms with Crippen molar-refractivity contribution in [1.82, 2.24) is 9.36 Å². The first-order chi connectivity index (χ1) is 10.2. The van der Waals surface area contributed by atoms with Crippen molar-refractivity contribution in [3.05, 3.63) is 24.5 Å². The Hall–Kier alpha value is -1.66. The van der Waals surface area contributed by atoms with Gasteiger partial charge in [0, 0.05) is 32.1 Å². The molecule has 1 atom stereocenters. The number of rotatable bonds is 7. The van der Waals surface area contributed by atoms with Gasteiger partial charge in [-0.3, -0.25) is 4.98 Å². The van der Waals surface area contributed by atoms with E-state index in [0.717, 1.165) is 29.1 Å². The fraction of sp³-hybridized carbons (Fsp3) is 0.467. The lowest BCUT2D eigenvalue weighted by molar-refractivity contribution is 0.203. The van der Waals surface area contributed by atoms with Crippen LogP contribution in [0.1, 0.15) is 20.3 Å². The Morgan fingerprint density at radius 2 is 2.10 bits per heavy atom. The molecule has 21 heavy (non-hydrogen) atoms. The van der Waals surface area contributed by atoms with Crippen molar-refractivity contribution in [3.63, 3.8) is 0 Å². The first kappa shape index (κ1) is 15.7. The molecule has 0 saturated carbocycles. The van der Waals surface area contributed by atoms with Crippen molar-refractivity contribution in [3.8, 4) is 11.1 Å². The van der Waals surface area contributed by atoms with Crippen LogP contribution in [-0.4, -0.2) is 35.7 Å². The molecule has 0 aromatic carbocycles. The van der Waals surface area contributed by atoms with Crippen molar-refractivity contribution in [2.75, 3.05) is 30.9 Å². The van der Waals surface area contributed by atoms with E-state index in [1.54, 1.807) is 19.5 Å². The van der Waals surface area contributed by atoms with Crippen molar-refractivity contribution >= 4 is 22.4 Å². The van der Waals surface area contributed by atoms with Crippen LogP contribution >= 0.6 is 11.5 Å². The zero-order valence-corrected chi connectivity index (χ0v) is 13.6. The van der Waals surface area contributed by atoms with Crippen LogP contribution in [0.25, 0.3) is 11.1 Å². The Morgan fingerprint density at radius 1 is 1.38 bits per heavy atom. The Kier molecular flexibility index (Phi) is 5.52. The Balaban J connectivity index is 2.42. The number of anilines is 2. The second-order valence-electron chi connectivity index (χ2n) is 4.93. The van der Waals surface area contributed by atoms with E-state index in [1.807, 2.05) is 12.1 Å². The summed E-state index contributed by atoms with van der Waals surface area (Å²) >= 11 is 1.45. The number of nitrogens with two attached hydrogens (primary N) is 1. The molecule has 2 aromatic heterocycles. The molecule has 0 spiro atoms. The smallest absolute Gasteiger partial charge is 0.147 e. The lowest BCUT2D eigenvalue weighted by Gasteiger charge is -2.29. The average Bonchev–Trinajstić information content (AvgIpc) is 2.90. The summed E-state index contributed by atoms with van der Waals surface area (Å²) in [6.45, 7) is 5.89. The van der Waals surface area contributed by atoms with E-state index in [2.05, 4.69) is 28.1 Å². The highest BCUT2D eigenvalue weighted by molar-refractivity contribution is 7.11. The molecule has 0 aliphatic heterocycles. The zero-order chi connectivity index (χ0) is 15.2. The van der Waals surface area contributed by atoms with Gasteiger partial charge in [-0.2, -0.15) is 4.37 Å². The van der Waals surface area contributed by atoms with E-state index in [9.17, 15) is 0 Å². The van der Waals surface area contributed by atoms with Gasteiger partial charge in [0.2, 0.25) is 0 Å². The highest BCUT2D eigenvalue weighted by Crippen LogP contribution is 2.40. The topological polar surface area (TPSA) is 64.3 Å². The van der Waals surface area contributed by atoms with E-state index < -0.39 is 0 Å². The summed E-state index contributed by atoms with van der Waals surface area (Å²) in [7, 11) is 1.72. The van der Waals surface area contributed by atoms with Crippen LogP contribution < -0.4 is 10.6 Å². The maximum absolute atomic E-state index is 6.10. The van der Waals surface area contributed by atoms with Crippen molar-refractivity contribution in [2.45, 2.75) is 26.3 Å². The fourth-order valence-electron chi connectivity index (χ4n) is 2.21. The molecular formula is C15H22N4OS. The van der Waals surface area contributed by atoms with Gasteiger partial charge in [-0.25, -0.2) is 0 Å². The molecule has 2 aromatic rings. The van der Waals surface area contributed by atoms with Gasteiger partial charge < -0.3 is 15.4 Å². The summed E-state index contributed by atoms with van der Waals surface area (Å²) in [6.07, 6.45) is 4.61. The number of methoxy groups -OCH3 is 1. The molecule has 0 bridgehead atoms. The molecular weight excluding hydrogens is 284 g/mol. The third-order valence-corrected chi connectivity index (χ3v) is 4.49. The monoisotopic (exact) mass is 306 g/mol. The van der Waals surface area contributed by atoms with Crippen molar-refractivity contribution < 1.29 is 4.74 Å². The molecule has 5 nitrogen and oxygen atoms in total. The Labute approximate surface area is 129 Å². The molecule has 2 heterocycles. The predicted octanol–water partition coefficient (Wildman–Crippen LogP) is 3.04. The Morgan fingerprint density at radius 3 is 2.71 bits per heavy atom. The van der Waals surface area contributed by atoms with Crippen LogP contribution in [0.4, 0.5) is 10.8 Å². The van der Waals surface area contributed by atoms with Gasteiger partial charge in [0.15, 0.2) is 0 Å². The minimum absolute atomic E-state index is 0.403. The number of aromatic nitrogens is 2. The Bertz CT molecular complexity index is 558. The SMILES string of the molecule is CCC(C)N(CCOC)c1snc(N)c1-c1ccncc1.